The van der Waals surface area contributed by atoms with Crippen LogP contribution in [-0.4, -0.2) is 23.3 Å². The highest BCUT2D eigenvalue weighted by molar-refractivity contribution is 7.11. The van der Waals surface area contributed by atoms with Gasteiger partial charge >= 0.3 is 0 Å². The van der Waals surface area contributed by atoms with Crippen LogP contribution in [0, 0.1) is 20.8 Å². The summed E-state index contributed by atoms with van der Waals surface area (Å²) in [5.74, 6) is -0.265. The van der Waals surface area contributed by atoms with Gasteiger partial charge in [0.2, 0.25) is 5.91 Å². The Hall–Kier alpha value is -2.21. The maximum Gasteiger partial charge on any atom is 0.251 e. The lowest BCUT2D eigenvalue weighted by atomic mass is 10.1. The number of benzene rings is 1. The number of hydrogen-bond donors (Lipinski definition) is 2. The van der Waals surface area contributed by atoms with Crippen LogP contribution >= 0.6 is 11.3 Å². The van der Waals surface area contributed by atoms with E-state index in [9.17, 15) is 9.59 Å². The largest absolute Gasteiger partial charge is 0.352 e. The average molecular weight is 345 g/mol. The zero-order valence-electron chi connectivity index (χ0n) is 14.5. The SMILES string of the molecule is Cc1ccc(C(=O)NCCC(=O)N[C@H](C)c2nc(C)sc2C)cc1. The molecule has 0 fully saturated rings. The van der Waals surface area contributed by atoms with Crippen molar-refractivity contribution in [2.24, 2.45) is 0 Å². The standard InChI is InChI=1S/C18H23N3O2S/c1-11-5-7-15(8-6-11)18(23)19-10-9-16(22)20-12(2)17-13(3)24-14(4)21-17/h5-8,12H,9-10H2,1-4H3,(H,19,23)(H,20,22)/t12-/m1/s1. The monoisotopic (exact) mass is 345 g/mol. The van der Waals surface area contributed by atoms with Gasteiger partial charge in [0.25, 0.3) is 5.91 Å². The molecule has 1 heterocycles. The van der Waals surface area contributed by atoms with E-state index in [1.165, 1.54) is 0 Å². The van der Waals surface area contributed by atoms with Crippen LogP contribution in [0.5, 0.6) is 0 Å². The molecule has 1 atom stereocenters. The molecular formula is C18H23N3O2S. The number of thiazole rings is 1. The first-order valence-electron chi connectivity index (χ1n) is 7.95. The molecule has 6 heteroatoms. The van der Waals surface area contributed by atoms with Crippen molar-refractivity contribution < 1.29 is 9.59 Å². The Morgan fingerprint density at radius 1 is 1.17 bits per heavy atom. The third-order valence-electron chi connectivity index (χ3n) is 3.68. The van der Waals surface area contributed by atoms with E-state index in [4.69, 9.17) is 0 Å². The molecule has 1 aromatic heterocycles. The molecule has 24 heavy (non-hydrogen) atoms. The number of aromatic nitrogens is 1. The number of nitrogens with one attached hydrogen (secondary N) is 2. The molecule has 5 nitrogen and oxygen atoms in total. The Morgan fingerprint density at radius 2 is 1.83 bits per heavy atom. The fourth-order valence-electron chi connectivity index (χ4n) is 2.43. The van der Waals surface area contributed by atoms with E-state index in [0.717, 1.165) is 21.1 Å². The summed E-state index contributed by atoms with van der Waals surface area (Å²) in [4.78, 5) is 29.6. The van der Waals surface area contributed by atoms with Crippen LogP contribution in [0.25, 0.3) is 0 Å². The van der Waals surface area contributed by atoms with E-state index in [1.807, 2.05) is 39.8 Å². The van der Waals surface area contributed by atoms with E-state index in [0.29, 0.717) is 12.1 Å². The minimum absolute atomic E-state index is 0.100. The van der Waals surface area contributed by atoms with Crippen LogP contribution in [0.15, 0.2) is 24.3 Å². The number of amides is 2. The molecule has 0 aliphatic heterocycles. The normalized spacial score (nSPS) is 11.8. The van der Waals surface area contributed by atoms with Crippen LogP contribution in [0.4, 0.5) is 0 Å². The van der Waals surface area contributed by atoms with Gasteiger partial charge in [-0.25, -0.2) is 4.98 Å². The molecule has 2 amide bonds. The highest BCUT2D eigenvalue weighted by Crippen LogP contribution is 2.22. The van der Waals surface area contributed by atoms with Gasteiger partial charge in [-0.2, -0.15) is 0 Å². The van der Waals surface area contributed by atoms with Crippen molar-refractivity contribution in [2.45, 2.75) is 40.2 Å². The van der Waals surface area contributed by atoms with Crippen LogP contribution < -0.4 is 10.6 Å². The lowest BCUT2D eigenvalue weighted by Gasteiger charge is -2.13. The van der Waals surface area contributed by atoms with Crippen molar-refractivity contribution in [3.63, 3.8) is 0 Å². The summed E-state index contributed by atoms with van der Waals surface area (Å²) in [5.41, 5.74) is 2.62. The predicted molar refractivity (Wildman–Crippen MR) is 96.3 cm³/mol. The molecule has 1 aromatic carbocycles. The fraction of sp³-hybridized carbons (Fsp3) is 0.389. The van der Waals surface area contributed by atoms with Crippen molar-refractivity contribution in [3.05, 3.63) is 51.0 Å². The number of carbonyl (C=O) groups is 2. The quantitative estimate of drug-likeness (QED) is 0.845. The Balaban J connectivity index is 1.78. The lowest BCUT2D eigenvalue weighted by Crippen LogP contribution is -2.32. The summed E-state index contributed by atoms with van der Waals surface area (Å²) >= 11 is 1.63. The predicted octanol–water partition coefficient (Wildman–Crippen LogP) is 3.07. The molecular weight excluding hydrogens is 322 g/mol. The van der Waals surface area contributed by atoms with Crippen LogP contribution in [0.1, 0.15) is 50.9 Å². The van der Waals surface area contributed by atoms with Crippen LogP contribution in [-0.2, 0) is 4.79 Å². The zero-order valence-corrected chi connectivity index (χ0v) is 15.3. The average Bonchev–Trinajstić information content (AvgIpc) is 2.86. The molecule has 0 bridgehead atoms. The van der Waals surface area contributed by atoms with Gasteiger partial charge in [0.05, 0.1) is 16.7 Å². The zero-order chi connectivity index (χ0) is 17.7. The van der Waals surface area contributed by atoms with Crippen molar-refractivity contribution in [3.8, 4) is 0 Å². The van der Waals surface area contributed by atoms with Crippen molar-refractivity contribution >= 4 is 23.2 Å². The number of carbonyl (C=O) groups excluding carboxylic acids is 2. The molecule has 2 rings (SSSR count). The molecule has 0 radical (unpaired) electrons. The fourth-order valence-corrected chi connectivity index (χ4v) is 3.34. The highest BCUT2D eigenvalue weighted by atomic mass is 32.1. The van der Waals surface area contributed by atoms with Gasteiger partial charge in [-0.1, -0.05) is 17.7 Å². The summed E-state index contributed by atoms with van der Waals surface area (Å²) in [7, 11) is 0. The number of nitrogens with zero attached hydrogens (tertiary/aromatic N) is 1. The minimum atomic E-state index is -0.165. The van der Waals surface area contributed by atoms with Gasteiger partial charge in [0.1, 0.15) is 0 Å². The van der Waals surface area contributed by atoms with E-state index >= 15 is 0 Å². The molecule has 0 spiro atoms. The van der Waals surface area contributed by atoms with Gasteiger partial charge in [-0.05, 0) is 39.8 Å². The topological polar surface area (TPSA) is 71.1 Å². The Kier molecular flexibility index (Phi) is 6.09. The van der Waals surface area contributed by atoms with Crippen LogP contribution in [0.3, 0.4) is 0 Å². The van der Waals surface area contributed by atoms with Crippen molar-refractivity contribution in [2.75, 3.05) is 6.54 Å². The second-order valence-electron chi connectivity index (χ2n) is 5.84. The number of aryl methyl sites for hydroxylation is 3. The minimum Gasteiger partial charge on any atom is -0.352 e. The highest BCUT2D eigenvalue weighted by Gasteiger charge is 2.15. The van der Waals surface area contributed by atoms with Crippen LogP contribution in [0.2, 0.25) is 0 Å². The molecule has 2 N–H and O–H groups in total. The van der Waals surface area contributed by atoms with E-state index < -0.39 is 0 Å². The number of rotatable bonds is 6. The maximum atomic E-state index is 12.0. The third kappa shape index (κ3) is 4.89. The first-order valence-corrected chi connectivity index (χ1v) is 8.76. The Labute approximate surface area is 146 Å². The lowest BCUT2D eigenvalue weighted by molar-refractivity contribution is -0.121. The van der Waals surface area contributed by atoms with Gasteiger partial charge in [0, 0.05) is 23.4 Å². The summed E-state index contributed by atoms with van der Waals surface area (Å²) in [5, 5.41) is 6.68. The summed E-state index contributed by atoms with van der Waals surface area (Å²) in [6.45, 7) is 8.16. The van der Waals surface area contributed by atoms with Gasteiger partial charge < -0.3 is 10.6 Å². The third-order valence-corrected chi connectivity index (χ3v) is 4.58. The Bertz CT molecular complexity index is 722. The first kappa shape index (κ1) is 18.1. The maximum absolute atomic E-state index is 12.0. The molecule has 0 saturated carbocycles. The smallest absolute Gasteiger partial charge is 0.251 e. The van der Waals surface area contributed by atoms with Gasteiger partial charge in [-0.15, -0.1) is 11.3 Å². The van der Waals surface area contributed by atoms with E-state index in [-0.39, 0.29) is 24.3 Å². The molecule has 0 aliphatic rings. The summed E-state index contributed by atoms with van der Waals surface area (Å²) < 4.78 is 0. The van der Waals surface area contributed by atoms with E-state index in [1.54, 1.807) is 23.5 Å². The molecule has 2 aromatic rings. The van der Waals surface area contributed by atoms with Crippen molar-refractivity contribution in [1.29, 1.82) is 0 Å². The Morgan fingerprint density at radius 3 is 2.42 bits per heavy atom. The second-order valence-corrected chi connectivity index (χ2v) is 7.24. The molecule has 0 saturated heterocycles. The molecule has 128 valence electrons. The molecule has 0 unspecified atom stereocenters. The summed E-state index contributed by atoms with van der Waals surface area (Å²) in [6.07, 6.45) is 0.240. The summed E-state index contributed by atoms with van der Waals surface area (Å²) in [6, 6.07) is 7.21. The van der Waals surface area contributed by atoms with Gasteiger partial charge in [0.15, 0.2) is 0 Å². The second kappa shape index (κ2) is 8.06. The molecule has 0 aliphatic carbocycles. The van der Waals surface area contributed by atoms with Gasteiger partial charge in [-0.3, -0.25) is 9.59 Å². The first-order chi connectivity index (χ1) is 11.4. The number of hydrogen-bond acceptors (Lipinski definition) is 4. The van der Waals surface area contributed by atoms with Crippen molar-refractivity contribution in [1.82, 2.24) is 15.6 Å². The van der Waals surface area contributed by atoms with E-state index in [2.05, 4.69) is 15.6 Å².